The second kappa shape index (κ2) is 8.83. The van der Waals surface area contributed by atoms with Crippen LogP contribution in [0.1, 0.15) is 15.9 Å². The van der Waals surface area contributed by atoms with Crippen molar-refractivity contribution in [2.75, 3.05) is 32.8 Å². The van der Waals surface area contributed by atoms with E-state index in [0.29, 0.717) is 23.7 Å². The Balaban J connectivity index is 1.42. The van der Waals surface area contributed by atoms with Crippen molar-refractivity contribution in [1.82, 2.24) is 4.90 Å². The van der Waals surface area contributed by atoms with Gasteiger partial charge >= 0.3 is 5.97 Å². The van der Waals surface area contributed by atoms with E-state index in [-0.39, 0.29) is 12.5 Å². The fourth-order valence-electron chi connectivity index (χ4n) is 3.02. The van der Waals surface area contributed by atoms with E-state index in [4.69, 9.17) is 16.3 Å². The van der Waals surface area contributed by atoms with Gasteiger partial charge in [0.25, 0.3) is 5.91 Å². The van der Waals surface area contributed by atoms with Crippen molar-refractivity contribution >= 4 is 23.5 Å². The summed E-state index contributed by atoms with van der Waals surface area (Å²) in [6, 6.07) is 16.8. The van der Waals surface area contributed by atoms with Crippen LogP contribution in [0.5, 0.6) is 0 Å². The van der Waals surface area contributed by atoms with Gasteiger partial charge in [-0.2, -0.15) is 0 Å². The molecular weight excluding hydrogens is 352 g/mol. The SMILES string of the molecule is O=C(OCC(=O)N1CC[NH+](Cc2ccccc2)CC1)c1ccc(Cl)cc1. The van der Waals surface area contributed by atoms with Gasteiger partial charge in [-0.1, -0.05) is 41.9 Å². The smallest absolute Gasteiger partial charge is 0.338 e. The molecule has 1 heterocycles. The molecule has 0 saturated carbocycles. The lowest BCUT2D eigenvalue weighted by atomic mass is 10.2. The highest BCUT2D eigenvalue weighted by Crippen LogP contribution is 2.10. The number of hydrogen-bond acceptors (Lipinski definition) is 3. The van der Waals surface area contributed by atoms with Crippen molar-refractivity contribution in [1.29, 1.82) is 0 Å². The van der Waals surface area contributed by atoms with Crippen LogP contribution in [0.3, 0.4) is 0 Å². The lowest BCUT2D eigenvalue weighted by Gasteiger charge is -2.32. The van der Waals surface area contributed by atoms with E-state index in [1.54, 1.807) is 29.2 Å². The molecule has 6 heteroatoms. The average Bonchev–Trinajstić information content (AvgIpc) is 2.68. The molecule has 1 N–H and O–H groups in total. The van der Waals surface area contributed by atoms with Crippen molar-refractivity contribution in [2.24, 2.45) is 0 Å². The Morgan fingerprint density at radius 2 is 1.65 bits per heavy atom. The second-order valence-electron chi connectivity index (χ2n) is 6.38. The zero-order valence-electron chi connectivity index (χ0n) is 14.5. The molecule has 2 aromatic carbocycles. The second-order valence-corrected chi connectivity index (χ2v) is 6.81. The molecule has 136 valence electrons. The van der Waals surface area contributed by atoms with Gasteiger partial charge in [0.2, 0.25) is 0 Å². The van der Waals surface area contributed by atoms with Crippen LogP contribution >= 0.6 is 11.6 Å². The van der Waals surface area contributed by atoms with Crippen LogP contribution in [0.2, 0.25) is 5.02 Å². The van der Waals surface area contributed by atoms with Gasteiger partial charge in [0, 0.05) is 10.6 Å². The van der Waals surface area contributed by atoms with E-state index in [1.165, 1.54) is 10.5 Å². The number of nitrogens with one attached hydrogen (secondary N) is 1. The third kappa shape index (κ3) is 5.07. The van der Waals surface area contributed by atoms with Gasteiger partial charge in [-0.25, -0.2) is 4.79 Å². The number of piperazine rings is 1. The monoisotopic (exact) mass is 373 g/mol. The Bertz CT molecular complexity index is 741. The average molecular weight is 374 g/mol. The molecule has 1 saturated heterocycles. The summed E-state index contributed by atoms with van der Waals surface area (Å²) in [7, 11) is 0. The molecule has 0 radical (unpaired) electrons. The van der Waals surface area contributed by atoms with Crippen molar-refractivity contribution in [2.45, 2.75) is 6.54 Å². The Morgan fingerprint density at radius 3 is 2.31 bits per heavy atom. The molecule has 0 aliphatic carbocycles. The summed E-state index contributed by atoms with van der Waals surface area (Å²) in [5.74, 6) is -0.658. The first kappa shape index (κ1) is 18.4. The number of rotatable bonds is 5. The maximum atomic E-state index is 12.3. The molecule has 26 heavy (non-hydrogen) atoms. The Kier molecular flexibility index (Phi) is 6.26. The number of hydrogen-bond donors (Lipinski definition) is 1. The van der Waals surface area contributed by atoms with Crippen LogP contribution in [0.15, 0.2) is 54.6 Å². The molecule has 0 aromatic heterocycles. The van der Waals surface area contributed by atoms with Gasteiger partial charge in [-0.15, -0.1) is 0 Å². The van der Waals surface area contributed by atoms with Crippen molar-refractivity contribution < 1.29 is 19.2 Å². The maximum absolute atomic E-state index is 12.3. The summed E-state index contributed by atoms with van der Waals surface area (Å²) in [5, 5.41) is 0.550. The number of quaternary nitrogens is 1. The molecular formula is C20H22ClN2O3+. The summed E-state index contributed by atoms with van der Waals surface area (Å²) in [5.41, 5.74) is 1.69. The number of esters is 1. The predicted octanol–water partition coefficient (Wildman–Crippen LogP) is 1.42. The zero-order chi connectivity index (χ0) is 18.4. The Morgan fingerprint density at radius 1 is 1.00 bits per heavy atom. The first-order valence-corrected chi connectivity index (χ1v) is 9.07. The standard InChI is InChI=1S/C20H21ClN2O3/c21-18-8-6-17(7-9-18)20(25)26-15-19(24)23-12-10-22(11-13-23)14-16-4-2-1-3-5-16/h1-9H,10-15H2/p+1. The fourth-order valence-corrected chi connectivity index (χ4v) is 3.15. The molecule has 0 spiro atoms. The third-order valence-electron chi connectivity index (χ3n) is 4.53. The first-order chi connectivity index (χ1) is 12.6. The minimum Gasteiger partial charge on any atom is -0.452 e. The molecule has 2 aromatic rings. The maximum Gasteiger partial charge on any atom is 0.338 e. The fraction of sp³-hybridized carbons (Fsp3) is 0.300. The van der Waals surface area contributed by atoms with E-state index in [0.717, 1.165) is 19.6 Å². The number of carbonyl (C=O) groups excluding carboxylic acids is 2. The van der Waals surface area contributed by atoms with Crippen LogP contribution in [-0.4, -0.2) is 49.6 Å². The molecule has 0 atom stereocenters. The lowest BCUT2D eigenvalue weighted by Crippen LogP contribution is -3.13. The summed E-state index contributed by atoms with van der Waals surface area (Å²) >= 11 is 5.79. The highest BCUT2D eigenvalue weighted by atomic mass is 35.5. The van der Waals surface area contributed by atoms with Gasteiger partial charge < -0.3 is 14.5 Å². The van der Waals surface area contributed by atoms with Crippen LogP contribution in [-0.2, 0) is 16.1 Å². The van der Waals surface area contributed by atoms with E-state index in [9.17, 15) is 9.59 Å². The van der Waals surface area contributed by atoms with Gasteiger partial charge in [0.1, 0.15) is 6.54 Å². The molecule has 0 unspecified atom stereocenters. The van der Waals surface area contributed by atoms with E-state index in [2.05, 4.69) is 12.1 Å². The van der Waals surface area contributed by atoms with Crippen LogP contribution < -0.4 is 4.90 Å². The highest BCUT2D eigenvalue weighted by molar-refractivity contribution is 6.30. The number of halogens is 1. The van der Waals surface area contributed by atoms with Gasteiger partial charge in [-0.05, 0) is 24.3 Å². The molecule has 1 fully saturated rings. The predicted molar refractivity (Wildman–Crippen MR) is 99.2 cm³/mol. The Labute approximate surface area is 158 Å². The minimum absolute atomic E-state index is 0.147. The first-order valence-electron chi connectivity index (χ1n) is 8.70. The molecule has 0 bridgehead atoms. The minimum atomic E-state index is -0.511. The molecule has 1 aliphatic rings. The topological polar surface area (TPSA) is 51.1 Å². The van der Waals surface area contributed by atoms with E-state index >= 15 is 0 Å². The summed E-state index contributed by atoms with van der Waals surface area (Å²) in [4.78, 5) is 27.5. The number of benzene rings is 2. The summed E-state index contributed by atoms with van der Waals surface area (Å²) in [6.45, 7) is 3.89. The van der Waals surface area contributed by atoms with Crippen LogP contribution in [0, 0.1) is 0 Å². The number of ether oxygens (including phenoxy) is 1. The number of amides is 1. The van der Waals surface area contributed by atoms with Gasteiger partial charge in [0.05, 0.1) is 31.7 Å². The summed E-state index contributed by atoms with van der Waals surface area (Å²) in [6.07, 6.45) is 0. The third-order valence-corrected chi connectivity index (χ3v) is 4.78. The van der Waals surface area contributed by atoms with Crippen molar-refractivity contribution in [3.63, 3.8) is 0 Å². The number of carbonyl (C=O) groups is 2. The molecule has 5 nitrogen and oxygen atoms in total. The molecule has 1 aliphatic heterocycles. The van der Waals surface area contributed by atoms with Crippen LogP contribution in [0.25, 0.3) is 0 Å². The summed E-state index contributed by atoms with van der Waals surface area (Å²) < 4.78 is 5.13. The lowest BCUT2D eigenvalue weighted by molar-refractivity contribution is -0.917. The zero-order valence-corrected chi connectivity index (χ0v) is 15.2. The largest absolute Gasteiger partial charge is 0.452 e. The van der Waals surface area contributed by atoms with Crippen molar-refractivity contribution in [3.8, 4) is 0 Å². The molecule has 1 amide bonds. The molecule has 3 rings (SSSR count). The Hall–Kier alpha value is -2.37. The van der Waals surface area contributed by atoms with E-state index in [1.807, 2.05) is 18.2 Å². The van der Waals surface area contributed by atoms with Gasteiger partial charge in [-0.3, -0.25) is 4.79 Å². The van der Waals surface area contributed by atoms with Gasteiger partial charge in [0.15, 0.2) is 6.61 Å². The number of nitrogens with zero attached hydrogens (tertiary/aromatic N) is 1. The quantitative estimate of drug-likeness (QED) is 0.806. The van der Waals surface area contributed by atoms with Crippen molar-refractivity contribution in [3.05, 3.63) is 70.7 Å². The normalized spacial score (nSPS) is 14.9. The van der Waals surface area contributed by atoms with Crippen LogP contribution in [0.4, 0.5) is 0 Å². The highest BCUT2D eigenvalue weighted by Gasteiger charge is 2.24. The van der Waals surface area contributed by atoms with E-state index < -0.39 is 5.97 Å².